The third-order valence-corrected chi connectivity index (χ3v) is 5.00. The van der Waals surface area contributed by atoms with Gasteiger partial charge in [-0.3, -0.25) is 4.79 Å². The summed E-state index contributed by atoms with van der Waals surface area (Å²) in [7, 11) is 1.56. The minimum atomic E-state index is 0.00192. The molecule has 27 heavy (non-hydrogen) atoms. The number of carbonyl (C=O) groups excluding carboxylic acids is 1. The molecule has 0 bridgehead atoms. The highest BCUT2D eigenvalue weighted by molar-refractivity contribution is 5.94. The third-order valence-electron chi connectivity index (χ3n) is 5.00. The molecule has 4 rings (SSSR count). The number of imidazole rings is 1. The number of pyridine rings is 2. The van der Waals surface area contributed by atoms with Gasteiger partial charge in [0.1, 0.15) is 11.3 Å². The monoisotopic (exact) mass is 365 g/mol. The highest BCUT2D eigenvalue weighted by Gasteiger charge is 2.30. The van der Waals surface area contributed by atoms with Crippen LogP contribution in [0.2, 0.25) is 0 Å². The molecule has 0 aliphatic carbocycles. The molecule has 1 atom stereocenters. The van der Waals surface area contributed by atoms with Crippen LogP contribution in [0.1, 0.15) is 42.0 Å². The molecule has 1 amide bonds. The minimum Gasteiger partial charge on any atom is -0.481 e. The number of fused-ring (bicyclic) bond motifs is 1. The van der Waals surface area contributed by atoms with Gasteiger partial charge in [0.2, 0.25) is 5.88 Å². The van der Waals surface area contributed by atoms with Crippen LogP contribution in [0, 0.1) is 0 Å². The van der Waals surface area contributed by atoms with E-state index in [9.17, 15) is 4.79 Å². The molecule has 0 saturated carbocycles. The fraction of sp³-hybridized carbons (Fsp3) is 0.400. The zero-order valence-electron chi connectivity index (χ0n) is 15.6. The average Bonchev–Trinajstić information content (AvgIpc) is 3.32. The van der Waals surface area contributed by atoms with Crippen molar-refractivity contribution in [2.24, 2.45) is 0 Å². The first kappa shape index (κ1) is 17.5. The fourth-order valence-corrected chi connectivity index (χ4v) is 3.71. The Labute approximate surface area is 158 Å². The Morgan fingerprint density at radius 2 is 2.19 bits per heavy atom. The van der Waals surface area contributed by atoms with E-state index in [1.807, 2.05) is 17.0 Å². The number of likely N-dealkylation sites (tertiary alicyclic amines) is 1. The van der Waals surface area contributed by atoms with Gasteiger partial charge < -0.3 is 14.2 Å². The van der Waals surface area contributed by atoms with Crippen molar-refractivity contribution < 1.29 is 9.53 Å². The van der Waals surface area contributed by atoms with Gasteiger partial charge in [-0.05, 0) is 31.0 Å². The number of amides is 1. The van der Waals surface area contributed by atoms with Crippen LogP contribution in [0.15, 0.2) is 36.7 Å². The van der Waals surface area contributed by atoms with Crippen LogP contribution in [-0.2, 0) is 6.42 Å². The van der Waals surface area contributed by atoms with Crippen LogP contribution in [0.25, 0.3) is 11.2 Å². The lowest BCUT2D eigenvalue weighted by molar-refractivity contribution is 0.0787. The molecule has 0 aromatic carbocycles. The zero-order valence-corrected chi connectivity index (χ0v) is 15.6. The molecule has 1 aliphatic rings. The Morgan fingerprint density at radius 3 is 2.93 bits per heavy atom. The summed E-state index contributed by atoms with van der Waals surface area (Å²) in [5.74, 6) is 1.56. The van der Waals surface area contributed by atoms with Crippen molar-refractivity contribution in [2.75, 3.05) is 20.2 Å². The second-order valence-electron chi connectivity index (χ2n) is 6.78. The molecule has 7 nitrogen and oxygen atoms in total. The molecule has 0 spiro atoms. The molecule has 0 radical (unpaired) electrons. The third kappa shape index (κ3) is 3.25. The second kappa shape index (κ2) is 7.34. The van der Waals surface area contributed by atoms with Crippen molar-refractivity contribution >= 4 is 17.1 Å². The summed E-state index contributed by atoms with van der Waals surface area (Å²) in [6.45, 7) is 3.52. The summed E-state index contributed by atoms with van der Waals surface area (Å²) in [4.78, 5) is 28.2. The number of methoxy groups -OCH3 is 1. The summed E-state index contributed by atoms with van der Waals surface area (Å²) in [5.41, 5.74) is 2.41. The maximum atomic E-state index is 12.8. The Balaban J connectivity index is 1.58. The predicted octanol–water partition coefficient (Wildman–Crippen LogP) is 2.87. The largest absolute Gasteiger partial charge is 0.481 e. The van der Waals surface area contributed by atoms with E-state index in [2.05, 4.69) is 21.5 Å². The molecule has 140 valence electrons. The number of hydrogen-bond donors (Lipinski definition) is 0. The first-order valence-electron chi connectivity index (χ1n) is 9.32. The van der Waals surface area contributed by atoms with E-state index in [1.54, 1.807) is 31.6 Å². The molecular weight excluding hydrogens is 342 g/mol. The quantitative estimate of drug-likeness (QED) is 0.695. The molecule has 1 saturated heterocycles. The molecular formula is C20H23N5O2. The smallest absolute Gasteiger partial charge is 0.255 e. The summed E-state index contributed by atoms with van der Waals surface area (Å²) >= 11 is 0. The van der Waals surface area contributed by atoms with E-state index in [0.29, 0.717) is 24.5 Å². The highest BCUT2D eigenvalue weighted by atomic mass is 16.5. The second-order valence-corrected chi connectivity index (χ2v) is 6.78. The summed E-state index contributed by atoms with van der Waals surface area (Å²) in [6.07, 6.45) is 6.20. The fourth-order valence-electron chi connectivity index (χ4n) is 3.71. The van der Waals surface area contributed by atoms with Crippen LogP contribution >= 0.6 is 0 Å². The summed E-state index contributed by atoms with van der Waals surface area (Å²) in [6, 6.07) is 7.59. The van der Waals surface area contributed by atoms with Crippen LogP contribution in [0.3, 0.4) is 0 Å². The van der Waals surface area contributed by atoms with Crippen molar-refractivity contribution in [3.8, 4) is 5.88 Å². The van der Waals surface area contributed by atoms with Gasteiger partial charge in [0.25, 0.3) is 5.91 Å². The molecule has 1 aliphatic heterocycles. The lowest BCUT2D eigenvalue weighted by atomic mass is 10.2. The van der Waals surface area contributed by atoms with Crippen LogP contribution in [0.4, 0.5) is 0 Å². The van der Waals surface area contributed by atoms with Crippen LogP contribution in [0.5, 0.6) is 5.88 Å². The van der Waals surface area contributed by atoms with E-state index in [0.717, 1.165) is 36.3 Å². The average molecular weight is 365 g/mol. The minimum absolute atomic E-state index is 0.00192. The first-order valence-corrected chi connectivity index (χ1v) is 9.32. The Bertz CT molecular complexity index is 951. The first-order chi connectivity index (χ1) is 13.2. The van der Waals surface area contributed by atoms with Crippen molar-refractivity contribution in [3.05, 3.63) is 48.0 Å². The topological polar surface area (TPSA) is 73.1 Å². The van der Waals surface area contributed by atoms with E-state index in [4.69, 9.17) is 9.72 Å². The number of nitrogens with zero attached hydrogens (tertiary/aromatic N) is 5. The maximum absolute atomic E-state index is 12.8. The van der Waals surface area contributed by atoms with Crippen molar-refractivity contribution in [2.45, 2.75) is 32.2 Å². The Kier molecular flexibility index (Phi) is 4.75. The van der Waals surface area contributed by atoms with E-state index >= 15 is 0 Å². The normalized spacial score (nSPS) is 16.8. The Hall–Kier alpha value is -2.96. The lowest BCUT2D eigenvalue weighted by Crippen LogP contribution is -2.29. The predicted molar refractivity (Wildman–Crippen MR) is 102 cm³/mol. The van der Waals surface area contributed by atoms with Gasteiger partial charge in [0, 0.05) is 38.0 Å². The standard InChI is InChI=1S/C20H23N5O2/c1-3-5-17-23-16-6-4-10-21-19(16)25(17)15-9-11-24(13-15)20(26)14-7-8-18(27-2)22-12-14/h4,6-8,10,12,15H,3,5,9,11,13H2,1-2H3. The van der Waals surface area contributed by atoms with E-state index < -0.39 is 0 Å². The molecule has 1 unspecified atom stereocenters. The Morgan fingerprint density at radius 1 is 1.30 bits per heavy atom. The number of aromatic nitrogens is 4. The molecule has 3 aromatic heterocycles. The lowest BCUT2D eigenvalue weighted by Gasteiger charge is -2.18. The molecule has 7 heteroatoms. The number of carbonyl (C=O) groups is 1. The van der Waals surface area contributed by atoms with E-state index in [1.165, 1.54) is 0 Å². The highest BCUT2D eigenvalue weighted by Crippen LogP contribution is 2.28. The van der Waals surface area contributed by atoms with Crippen LogP contribution in [-0.4, -0.2) is 50.5 Å². The number of hydrogen-bond acceptors (Lipinski definition) is 5. The van der Waals surface area contributed by atoms with E-state index in [-0.39, 0.29) is 11.9 Å². The van der Waals surface area contributed by atoms with Crippen molar-refractivity contribution in [1.29, 1.82) is 0 Å². The SMILES string of the molecule is CCCc1nc2cccnc2n1C1CCN(C(=O)c2ccc(OC)nc2)C1. The van der Waals surface area contributed by atoms with Gasteiger partial charge in [-0.1, -0.05) is 6.92 Å². The molecule has 1 fully saturated rings. The van der Waals surface area contributed by atoms with Gasteiger partial charge in [-0.2, -0.15) is 0 Å². The van der Waals surface area contributed by atoms with Gasteiger partial charge in [0.15, 0.2) is 5.65 Å². The zero-order chi connectivity index (χ0) is 18.8. The van der Waals surface area contributed by atoms with Gasteiger partial charge >= 0.3 is 0 Å². The summed E-state index contributed by atoms with van der Waals surface area (Å²) in [5, 5.41) is 0. The van der Waals surface area contributed by atoms with Crippen LogP contribution < -0.4 is 4.74 Å². The van der Waals surface area contributed by atoms with Crippen molar-refractivity contribution in [3.63, 3.8) is 0 Å². The number of ether oxygens (including phenoxy) is 1. The molecule has 4 heterocycles. The maximum Gasteiger partial charge on any atom is 0.255 e. The van der Waals surface area contributed by atoms with Gasteiger partial charge in [0.05, 0.1) is 18.7 Å². The molecule has 3 aromatic rings. The summed E-state index contributed by atoms with van der Waals surface area (Å²) < 4.78 is 7.30. The van der Waals surface area contributed by atoms with Gasteiger partial charge in [-0.15, -0.1) is 0 Å². The number of rotatable bonds is 5. The molecule has 0 N–H and O–H groups in total. The van der Waals surface area contributed by atoms with Gasteiger partial charge in [-0.25, -0.2) is 15.0 Å². The number of aryl methyl sites for hydroxylation is 1. The van der Waals surface area contributed by atoms with Crippen molar-refractivity contribution in [1.82, 2.24) is 24.4 Å².